The van der Waals surface area contributed by atoms with Gasteiger partial charge in [-0.25, -0.2) is 4.79 Å². The molecule has 2 rings (SSSR count). The lowest BCUT2D eigenvalue weighted by molar-refractivity contribution is -0.120. The molecule has 0 bridgehead atoms. The fourth-order valence-corrected chi connectivity index (χ4v) is 2.85. The molecule has 1 saturated carbocycles. The van der Waals surface area contributed by atoms with Gasteiger partial charge in [0.25, 0.3) is 0 Å². The van der Waals surface area contributed by atoms with Crippen molar-refractivity contribution in [2.75, 3.05) is 18.5 Å². The molecule has 0 aliphatic heterocycles. The molecule has 0 unspecified atom stereocenters. The molecule has 1 fully saturated rings. The first-order valence-electron chi connectivity index (χ1n) is 8.82. The van der Waals surface area contributed by atoms with E-state index in [-0.39, 0.29) is 18.4 Å². The van der Waals surface area contributed by atoms with Crippen molar-refractivity contribution in [3.8, 4) is 6.07 Å². The first kappa shape index (κ1) is 18.8. The van der Waals surface area contributed by atoms with Crippen LogP contribution in [0, 0.1) is 11.3 Å². The highest BCUT2D eigenvalue weighted by Gasteiger charge is 2.35. The lowest BCUT2D eigenvalue weighted by Gasteiger charge is -2.22. The molecule has 0 aromatic heterocycles. The third-order valence-electron chi connectivity index (χ3n) is 4.35. The van der Waals surface area contributed by atoms with Crippen LogP contribution in [0.2, 0.25) is 0 Å². The minimum atomic E-state index is -0.704. The molecule has 0 atom stereocenters. The number of hydrogen-bond donors (Lipinski definition) is 2. The summed E-state index contributed by atoms with van der Waals surface area (Å²) >= 11 is 0. The summed E-state index contributed by atoms with van der Waals surface area (Å²) in [5.41, 5.74) is 0.517. The number of unbranched alkanes of at least 4 members (excludes halogenated alkanes) is 1. The molecule has 25 heavy (non-hydrogen) atoms. The van der Waals surface area contributed by atoms with E-state index in [0.717, 1.165) is 31.4 Å². The summed E-state index contributed by atoms with van der Waals surface area (Å²) in [6.07, 6.45) is 5.19. The zero-order valence-electron chi connectivity index (χ0n) is 14.6. The van der Waals surface area contributed by atoms with Crippen molar-refractivity contribution >= 4 is 17.6 Å². The Morgan fingerprint density at radius 1 is 1.24 bits per heavy atom. The number of anilines is 1. The second kappa shape index (κ2) is 9.07. The van der Waals surface area contributed by atoms with Gasteiger partial charge in [-0.3, -0.25) is 4.79 Å². The first-order chi connectivity index (χ1) is 12.1. The summed E-state index contributed by atoms with van der Waals surface area (Å²) < 4.78 is 5.15. The zero-order valence-corrected chi connectivity index (χ0v) is 14.6. The van der Waals surface area contributed by atoms with Gasteiger partial charge in [0.05, 0.1) is 24.8 Å². The highest BCUT2D eigenvalue weighted by molar-refractivity contribution is 5.90. The van der Waals surface area contributed by atoms with Gasteiger partial charge in [-0.1, -0.05) is 13.3 Å². The van der Waals surface area contributed by atoms with Crippen LogP contribution in [0.15, 0.2) is 24.3 Å². The minimum absolute atomic E-state index is 0.0870. The molecule has 0 radical (unpaired) electrons. The fraction of sp³-hybridized carbons (Fsp3) is 0.526. The Hall–Kier alpha value is -2.55. The number of hydrogen-bond acceptors (Lipinski definition) is 5. The molecule has 1 aliphatic rings. The molecule has 6 heteroatoms. The van der Waals surface area contributed by atoms with Gasteiger partial charge in [-0.15, -0.1) is 0 Å². The minimum Gasteiger partial charge on any atom is -0.462 e. The van der Waals surface area contributed by atoms with Crippen molar-refractivity contribution in [1.29, 1.82) is 5.26 Å². The Labute approximate surface area is 148 Å². The van der Waals surface area contributed by atoms with Crippen molar-refractivity contribution in [3.63, 3.8) is 0 Å². The molecule has 1 aromatic carbocycles. The summed E-state index contributed by atoms with van der Waals surface area (Å²) in [6, 6.07) is 9.04. The predicted octanol–water partition coefficient (Wildman–Crippen LogP) is 3.01. The maximum atomic E-state index is 12.1. The normalized spacial score (nSPS) is 15.2. The number of amides is 1. The summed E-state index contributed by atoms with van der Waals surface area (Å²) in [5, 5.41) is 15.1. The highest BCUT2D eigenvalue weighted by Crippen LogP contribution is 2.28. The molecular weight excluding hydrogens is 318 g/mol. The topological polar surface area (TPSA) is 91.2 Å². The number of esters is 1. The Morgan fingerprint density at radius 3 is 2.52 bits per heavy atom. The molecule has 6 nitrogen and oxygen atoms in total. The Balaban J connectivity index is 1.80. The maximum absolute atomic E-state index is 12.1. The van der Waals surface area contributed by atoms with Gasteiger partial charge in [0.15, 0.2) is 0 Å². The van der Waals surface area contributed by atoms with Crippen LogP contribution in [0.4, 0.5) is 5.69 Å². The van der Waals surface area contributed by atoms with Gasteiger partial charge in [0, 0.05) is 5.69 Å². The molecule has 0 spiro atoms. The molecule has 2 N–H and O–H groups in total. The standard InChI is InChI=1S/C19H25N3O3/c1-2-3-12-25-18(24)15-6-8-16(9-7-15)21-13-17(23)22-19(14-20)10-4-5-11-19/h6-9,21H,2-5,10-13H2,1H3,(H,22,23). The van der Waals surface area contributed by atoms with Crippen LogP contribution in [0.5, 0.6) is 0 Å². The van der Waals surface area contributed by atoms with Crippen LogP contribution < -0.4 is 10.6 Å². The second-order valence-corrected chi connectivity index (χ2v) is 6.37. The van der Waals surface area contributed by atoms with Crippen LogP contribution in [0.1, 0.15) is 55.8 Å². The average molecular weight is 343 g/mol. The summed E-state index contributed by atoms with van der Waals surface area (Å²) in [5.74, 6) is -0.540. The molecule has 134 valence electrons. The Bertz CT molecular complexity index is 628. The van der Waals surface area contributed by atoms with Crippen LogP contribution in [-0.4, -0.2) is 30.6 Å². The number of carbonyl (C=O) groups excluding carboxylic acids is 2. The van der Waals surface area contributed by atoms with Crippen molar-refractivity contribution in [1.82, 2.24) is 5.32 Å². The molecular formula is C19H25N3O3. The Morgan fingerprint density at radius 2 is 1.92 bits per heavy atom. The van der Waals surface area contributed by atoms with Crippen LogP contribution in [-0.2, 0) is 9.53 Å². The van der Waals surface area contributed by atoms with Crippen LogP contribution in [0.3, 0.4) is 0 Å². The fourth-order valence-electron chi connectivity index (χ4n) is 2.85. The van der Waals surface area contributed by atoms with Gasteiger partial charge in [-0.05, 0) is 56.4 Å². The average Bonchev–Trinajstić information content (AvgIpc) is 3.09. The lowest BCUT2D eigenvalue weighted by Crippen LogP contribution is -2.47. The highest BCUT2D eigenvalue weighted by atomic mass is 16.5. The van der Waals surface area contributed by atoms with Crippen molar-refractivity contribution < 1.29 is 14.3 Å². The van der Waals surface area contributed by atoms with E-state index >= 15 is 0 Å². The number of nitriles is 1. The van der Waals surface area contributed by atoms with E-state index in [2.05, 4.69) is 16.7 Å². The lowest BCUT2D eigenvalue weighted by atomic mass is 10.00. The van der Waals surface area contributed by atoms with Crippen molar-refractivity contribution in [2.24, 2.45) is 0 Å². The van der Waals surface area contributed by atoms with E-state index < -0.39 is 5.54 Å². The summed E-state index contributed by atoms with van der Waals surface area (Å²) in [4.78, 5) is 23.9. The van der Waals surface area contributed by atoms with Crippen molar-refractivity contribution in [3.05, 3.63) is 29.8 Å². The van der Waals surface area contributed by atoms with Gasteiger partial charge in [-0.2, -0.15) is 5.26 Å². The zero-order chi connectivity index (χ0) is 18.1. The molecule has 1 amide bonds. The number of ether oxygens (including phenoxy) is 1. The van der Waals surface area contributed by atoms with E-state index in [0.29, 0.717) is 25.0 Å². The number of carbonyl (C=O) groups is 2. The Kier molecular flexibility index (Phi) is 6.81. The van der Waals surface area contributed by atoms with Gasteiger partial charge in [0.1, 0.15) is 5.54 Å². The third kappa shape index (κ3) is 5.49. The summed E-state index contributed by atoms with van der Waals surface area (Å²) in [7, 11) is 0. The smallest absolute Gasteiger partial charge is 0.338 e. The molecule has 0 heterocycles. The van der Waals surface area contributed by atoms with Gasteiger partial charge < -0.3 is 15.4 Å². The first-order valence-corrected chi connectivity index (χ1v) is 8.82. The predicted molar refractivity (Wildman–Crippen MR) is 95.1 cm³/mol. The SMILES string of the molecule is CCCCOC(=O)c1ccc(NCC(=O)NC2(C#N)CCCC2)cc1. The van der Waals surface area contributed by atoms with Gasteiger partial charge >= 0.3 is 5.97 Å². The molecule has 1 aromatic rings. The molecule has 0 saturated heterocycles. The van der Waals surface area contributed by atoms with E-state index in [4.69, 9.17) is 4.74 Å². The largest absolute Gasteiger partial charge is 0.462 e. The number of nitrogens with one attached hydrogen (secondary N) is 2. The molecule has 1 aliphatic carbocycles. The monoisotopic (exact) mass is 343 g/mol. The third-order valence-corrected chi connectivity index (χ3v) is 4.35. The maximum Gasteiger partial charge on any atom is 0.338 e. The quantitative estimate of drug-likeness (QED) is 0.559. The van der Waals surface area contributed by atoms with Crippen molar-refractivity contribution in [2.45, 2.75) is 51.0 Å². The van der Waals surface area contributed by atoms with Gasteiger partial charge in [0.2, 0.25) is 5.91 Å². The number of rotatable bonds is 8. The number of nitrogens with zero attached hydrogens (tertiary/aromatic N) is 1. The number of benzene rings is 1. The van der Waals surface area contributed by atoms with E-state index in [1.165, 1.54) is 0 Å². The summed E-state index contributed by atoms with van der Waals surface area (Å²) in [6.45, 7) is 2.55. The van der Waals surface area contributed by atoms with E-state index in [1.54, 1.807) is 24.3 Å². The van der Waals surface area contributed by atoms with Crippen LogP contribution >= 0.6 is 0 Å². The van der Waals surface area contributed by atoms with E-state index in [1.807, 2.05) is 6.92 Å². The van der Waals surface area contributed by atoms with Crippen LogP contribution in [0.25, 0.3) is 0 Å². The van der Waals surface area contributed by atoms with E-state index in [9.17, 15) is 14.9 Å². The second-order valence-electron chi connectivity index (χ2n) is 6.37.